The van der Waals surface area contributed by atoms with Gasteiger partial charge in [-0.25, -0.2) is 0 Å². The lowest BCUT2D eigenvalue weighted by atomic mass is 10.0. The molecule has 0 heterocycles. The molecule has 0 spiro atoms. The highest BCUT2D eigenvalue weighted by Crippen LogP contribution is 2.08. The Labute approximate surface area is 92.2 Å². The molecule has 1 atom stereocenters. The third-order valence-electron chi connectivity index (χ3n) is 2.51. The number of carbonyl (C=O) groups excluding carboxylic acids is 1. The molecule has 90 valence electrons. The lowest BCUT2D eigenvalue weighted by molar-refractivity contribution is -0.133. The van der Waals surface area contributed by atoms with Crippen molar-refractivity contribution in [2.45, 2.75) is 26.7 Å². The summed E-state index contributed by atoms with van der Waals surface area (Å²) >= 11 is 0. The van der Waals surface area contributed by atoms with Crippen molar-refractivity contribution in [3.05, 3.63) is 0 Å². The third-order valence-corrected chi connectivity index (χ3v) is 2.51. The number of rotatable bonds is 8. The van der Waals surface area contributed by atoms with Gasteiger partial charge in [0.1, 0.15) is 0 Å². The standard InChI is InChI=1S/C11H23NO3/c1-4-10(2)9-11(14)12(5-7-13)6-8-15-3/h10,13H,4-9H2,1-3H3. The first-order valence-corrected chi connectivity index (χ1v) is 5.53. The van der Waals surface area contributed by atoms with Crippen LogP contribution in [0.25, 0.3) is 0 Å². The number of carbonyl (C=O) groups is 1. The van der Waals surface area contributed by atoms with Crippen LogP contribution >= 0.6 is 0 Å². The van der Waals surface area contributed by atoms with Crippen LogP contribution in [0.4, 0.5) is 0 Å². The second-order valence-corrected chi connectivity index (χ2v) is 3.81. The van der Waals surface area contributed by atoms with Gasteiger partial charge in [0.2, 0.25) is 5.91 Å². The summed E-state index contributed by atoms with van der Waals surface area (Å²) in [7, 11) is 1.61. The lowest BCUT2D eigenvalue weighted by Gasteiger charge is -2.22. The van der Waals surface area contributed by atoms with Crippen molar-refractivity contribution in [1.82, 2.24) is 4.90 Å². The molecule has 0 saturated heterocycles. The van der Waals surface area contributed by atoms with E-state index < -0.39 is 0 Å². The van der Waals surface area contributed by atoms with Crippen molar-refractivity contribution >= 4 is 5.91 Å². The second-order valence-electron chi connectivity index (χ2n) is 3.81. The van der Waals surface area contributed by atoms with Crippen molar-refractivity contribution in [2.24, 2.45) is 5.92 Å². The van der Waals surface area contributed by atoms with Crippen LogP contribution in [0.5, 0.6) is 0 Å². The molecule has 0 aliphatic rings. The van der Waals surface area contributed by atoms with E-state index in [0.29, 0.717) is 32.0 Å². The van der Waals surface area contributed by atoms with E-state index in [0.717, 1.165) is 6.42 Å². The minimum atomic E-state index is 0.00988. The van der Waals surface area contributed by atoms with Gasteiger partial charge in [-0.05, 0) is 5.92 Å². The van der Waals surface area contributed by atoms with Crippen molar-refractivity contribution < 1.29 is 14.6 Å². The SMILES string of the molecule is CCC(C)CC(=O)N(CCO)CCOC. The van der Waals surface area contributed by atoms with E-state index in [-0.39, 0.29) is 12.5 Å². The van der Waals surface area contributed by atoms with Gasteiger partial charge in [0.15, 0.2) is 0 Å². The molecule has 4 heteroatoms. The highest BCUT2D eigenvalue weighted by molar-refractivity contribution is 5.76. The molecular formula is C11H23NO3. The first kappa shape index (κ1) is 14.4. The number of hydrogen-bond donors (Lipinski definition) is 1. The summed E-state index contributed by atoms with van der Waals surface area (Å²) in [4.78, 5) is 13.4. The van der Waals surface area contributed by atoms with Gasteiger partial charge in [0, 0.05) is 26.6 Å². The molecule has 0 aromatic rings. The van der Waals surface area contributed by atoms with Crippen molar-refractivity contribution in [3.8, 4) is 0 Å². The minimum Gasteiger partial charge on any atom is -0.395 e. The summed E-state index contributed by atoms with van der Waals surface area (Å²) in [5, 5.41) is 8.84. The molecular weight excluding hydrogens is 194 g/mol. The highest BCUT2D eigenvalue weighted by atomic mass is 16.5. The molecule has 0 bridgehead atoms. The summed E-state index contributed by atoms with van der Waals surface area (Å²) < 4.78 is 4.92. The van der Waals surface area contributed by atoms with E-state index in [1.807, 2.05) is 0 Å². The molecule has 15 heavy (non-hydrogen) atoms. The molecule has 0 fully saturated rings. The molecule has 1 unspecified atom stereocenters. The molecule has 0 aromatic heterocycles. The summed E-state index contributed by atoms with van der Waals surface area (Å²) in [6.07, 6.45) is 1.56. The van der Waals surface area contributed by atoms with Gasteiger partial charge < -0.3 is 14.7 Å². The number of hydrogen-bond acceptors (Lipinski definition) is 3. The average Bonchev–Trinajstić information content (AvgIpc) is 2.23. The predicted octanol–water partition coefficient (Wildman–Crippen LogP) is 0.890. The van der Waals surface area contributed by atoms with Crippen molar-refractivity contribution in [2.75, 3.05) is 33.4 Å². The summed E-state index contributed by atoms with van der Waals surface area (Å²) in [5.74, 6) is 0.511. The van der Waals surface area contributed by atoms with Gasteiger partial charge in [0.25, 0.3) is 0 Å². The number of amides is 1. The highest BCUT2D eigenvalue weighted by Gasteiger charge is 2.14. The Balaban J connectivity index is 4.03. The fourth-order valence-corrected chi connectivity index (χ4v) is 1.25. The Kier molecular flexibility index (Phi) is 8.33. The van der Waals surface area contributed by atoms with Gasteiger partial charge in [0.05, 0.1) is 13.2 Å². The predicted molar refractivity (Wildman–Crippen MR) is 59.6 cm³/mol. The van der Waals surface area contributed by atoms with Crippen LogP contribution in [0, 0.1) is 5.92 Å². The van der Waals surface area contributed by atoms with Gasteiger partial charge >= 0.3 is 0 Å². The first-order chi connectivity index (χ1) is 7.15. The maximum absolute atomic E-state index is 11.8. The van der Waals surface area contributed by atoms with E-state index in [1.165, 1.54) is 0 Å². The average molecular weight is 217 g/mol. The van der Waals surface area contributed by atoms with Crippen LogP contribution in [0.2, 0.25) is 0 Å². The quantitative estimate of drug-likeness (QED) is 0.657. The van der Waals surface area contributed by atoms with E-state index in [1.54, 1.807) is 12.0 Å². The zero-order valence-electron chi connectivity index (χ0n) is 10.0. The zero-order chi connectivity index (χ0) is 11.7. The van der Waals surface area contributed by atoms with Gasteiger partial charge in [-0.15, -0.1) is 0 Å². The fourth-order valence-electron chi connectivity index (χ4n) is 1.25. The second kappa shape index (κ2) is 8.68. The largest absolute Gasteiger partial charge is 0.395 e. The molecule has 0 saturated carbocycles. The maximum atomic E-state index is 11.8. The molecule has 0 aromatic carbocycles. The van der Waals surface area contributed by atoms with E-state index in [4.69, 9.17) is 9.84 Å². The Bertz CT molecular complexity index is 173. The molecule has 4 nitrogen and oxygen atoms in total. The zero-order valence-corrected chi connectivity index (χ0v) is 10.0. The minimum absolute atomic E-state index is 0.00988. The van der Waals surface area contributed by atoms with Gasteiger partial charge in [-0.2, -0.15) is 0 Å². The van der Waals surface area contributed by atoms with E-state index in [9.17, 15) is 4.79 Å². The van der Waals surface area contributed by atoms with Gasteiger partial charge in [-0.1, -0.05) is 20.3 Å². The van der Waals surface area contributed by atoms with Crippen LogP contribution in [0.15, 0.2) is 0 Å². The van der Waals surface area contributed by atoms with Crippen molar-refractivity contribution in [3.63, 3.8) is 0 Å². The molecule has 0 rings (SSSR count). The number of aliphatic hydroxyl groups excluding tert-OH is 1. The number of nitrogens with zero attached hydrogens (tertiary/aromatic N) is 1. The lowest BCUT2D eigenvalue weighted by Crippen LogP contribution is -2.36. The molecule has 0 aliphatic heterocycles. The normalized spacial score (nSPS) is 12.5. The first-order valence-electron chi connectivity index (χ1n) is 5.53. The van der Waals surface area contributed by atoms with Crippen LogP contribution in [0.1, 0.15) is 26.7 Å². The monoisotopic (exact) mass is 217 g/mol. The molecule has 1 N–H and O–H groups in total. The Morgan fingerprint density at radius 3 is 2.60 bits per heavy atom. The topological polar surface area (TPSA) is 49.8 Å². The van der Waals surface area contributed by atoms with Crippen molar-refractivity contribution in [1.29, 1.82) is 0 Å². The summed E-state index contributed by atoms with van der Waals surface area (Å²) in [6.45, 7) is 5.63. The number of methoxy groups -OCH3 is 1. The smallest absolute Gasteiger partial charge is 0.222 e. The third kappa shape index (κ3) is 6.47. The molecule has 1 amide bonds. The van der Waals surface area contributed by atoms with Crippen LogP contribution < -0.4 is 0 Å². The van der Waals surface area contributed by atoms with Gasteiger partial charge in [-0.3, -0.25) is 4.79 Å². The summed E-state index contributed by atoms with van der Waals surface area (Å²) in [5.41, 5.74) is 0. The Morgan fingerprint density at radius 1 is 1.47 bits per heavy atom. The number of aliphatic hydroxyl groups is 1. The van der Waals surface area contributed by atoms with E-state index in [2.05, 4.69) is 13.8 Å². The molecule has 0 aliphatic carbocycles. The maximum Gasteiger partial charge on any atom is 0.222 e. The molecule has 0 radical (unpaired) electrons. The fraction of sp³-hybridized carbons (Fsp3) is 0.909. The van der Waals surface area contributed by atoms with Crippen LogP contribution in [-0.4, -0.2) is 49.3 Å². The number of ether oxygens (including phenoxy) is 1. The Hall–Kier alpha value is -0.610. The summed E-state index contributed by atoms with van der Waals surface area (Å²) in [6, 6.07) is 0. The van der Waals surface area contributed by atoms with E-state index >= 15 is 0 Å². The van der Waals surface area contributed by atoms with Crippen LogP contribution in [0.3, 0.4) is 0 Å². The van der Waals surface area contributed by atoms with Crippen LogP contribution in [-0.2, 0) is 9.53 Å². The Morgan fingerprint density at radius 2 is 2.13 bits per heavy atom.